The number of aldehydes is 1. The first kappa shape index (κ1) is 9.70. The molecule has 3 rings (SSSR count). The molecule has 3 heteroatoms. The summed E-state index contributed by atoms with van der Waals surface area (Å²) in [4.78, 5) is 13.2. The Kier molecular flexibility index (Phi) is 2.13. The van der Waals surface area contributed by atoms with Crippen molar-refractivity contribution < 1.29 is 9.90 Å². The molecule has 0 bridgehead atoms. The van der Waals surface area contributed by atoms with Gasteiger partial charge < -0.3 is 10.0 Å². The highest BCUT2D eigenvalue weighted by molar-refractivity contribution is 5.85. The number of hydrogen-bond acceptors (Lipinski definition) is 3. The zero-order valence-electron chi connectivity index (χ0n) is 9.07. The molecule has 0 aliphatic carbocycles. The lowest BCUT2D eigenvalue weighted by atomic mass is 9.89. The zero-order valence-corrected chi connectivity index (χ0v) is 9.07. The summed E-state index contributed by atoms with van der Waals surface area (Å²) in [5.74, 6) is 0.189. The fourth-order valence-corrected chi connectivity index (χ4v) is 2.78. The molecule has 0 amide bonds. The summed E-state index contributed by atoms with van der Waals surface area (Å²) in [7, 11) is 0. The second kappa shape index (κ2) is 3.51. The minimum Gasteiger partial charge on any atom is -0.507 e. The molecule has 0 spiro atoms. The van der Waals surface area contributed by atoms with Crippen molar-refractivity contribution in [3.8, 4) is 5.75 Å². The second-order valence-electron chi connectivity index (χ2n) is 4.43. The third-order valence-corrected chi connectivity index (χ3v) is 3.49. The van der Waals surface area contributed by atoms with Crippen molar-refractivity contribution in [2.75, 3.05) is 18.0 Å². The topological polar surface area (TPSA) is 40.5 Å². The minimum atomic E-state index is 0.189. The van der Waals surface area contributed by atoms with Crippen LogP contribution in [0.4, 0.5) is 5.69 Å². The van der Waals surface area contributed by atoms with Gasteiger partial charge in [-0.25, -0.2) is 0 Å². The van der Waals surface area contributed by atoms with Gasteiger partial charge in [0.05, 0.1) is 5.56 Å². The fourth-order valence-electron chi connectivity index (χ4n) is 2.78. The molecule has 16 heavy (non-hydrogen) atoms. The Bertz CT molecular complexity index is 452. The number of carbonyl (C=O) groups excluding carboxylic acids is 1. The maximum absolute atomic E-state index is 10.9. The number of nitrogens with zero attached hydrogens (tertiary/aromatic N) is 1. The van der Waals surface area contributed by atoms with E-state index < -0.39 is 0 Å². The molecule has 83 valence electrons. The van der Waals surface area contributed by atoms with Crippen LogP contribution < -0.4 is 4.90 Å². The number of benzene rings is 1. The number of anilines is 1. The van der Waals surface area contributed by atoms with Crippen LogP contribution in [0, 0.1) is 6.42 Å². The van der Waals surface area contributed by atoms with Gasteiger partial charge in [0, 0.05) is 24.3 Å². The molecule has 2 heterocycles. The molecule has 1 N–H and O–H groups in total. The van der Waals surface area contributed by atoms with Gasteiger partial charge in [-0.2, -0.15) is 0 Å². The van der Waals surface area contributed by atoms with Gasteiger partial charge in [-0.05, 0) is 37.3 Å². The smallest absolute Gasteiger partial charge is 0.153 e. The van der Waals surface area contributed by atoms with E-state index in [2.05, 4.69) is 11.3 Å². The highest BCUT2D eigenvalue weighted by Crippen LogP contribution is 2.41. The molecule has 0 unspecified atom stereocenters. The Morgan fingerprint density at radius 1 is 1.38 bits per heavy atom. The predicted molar refractivity (Wildman–Crippen MR) is 62.0 cm³/mol. The molecule has 0 saturated heterocycles. The standard InChI is InChI=1S/C13H14NO2/c15-8-10-7-9-3-1-5-14-6-2-4-11(12(9)14)13(10)16/h3,7-8,16H,1-2,4-6H2. The quantitative estimate of drug-likeness (QED) is 0.729. The minimum absolute atomic E-state index is 0.189. The lowest BCUT2D eigenvalue weighted by Gasteiger charge is -2.37. The SMILES string of the molecule is O=Cc1cc2c3c(c1O)CCCN3CC[CH]2. The first-order valence-electron chi connectivity index (χ1n) is 5.73. The van der Waals surface area contributed by atoms with Crippen molar-refractivity contribution in [2.45, 2.75) is 19.3 Å². The van der Waals surface area contributed by atoms with E-state index >= 15 is 0 Å². The van der Waals surface area contributed by atoms with Crippen molar-refractivity contribution >= 4 is 12.0 Å². The van der Waals surface area contributed by atoms with Gasteiger partial charge in [0.2, 0.25) is 0 Å². The van der Waals surface area contributed by atoms with Crippen molar-refractivity contribution in [1.29, 1.82) is 0 Å². The number of phenolic OH excluding ortho intramolecular Hbond substituents is 1. The molecular weight excluding hydrogens is 202 g/mol. The van der Waals surface area contributed by atoms with E-state index in [-0.39, 0.29) is 5.75 Å². The molecule has 1 aromatic carbocycles. The van der Waals surface area contributed by atoms with Crippen molar-refractivity contribution in [1.82, 2.24) is 0 Å². The maximum atomic E-state index is 10.9. The van der Waals surface area contributed by atoms with Crippen LogP contribution in [0.3, 0.4) is 0 Å². The third kappa shape index (κ3) is 1.24. The van der Waals surface area contributed by atoms with Crippen LogP contribution in [0.15, 0.2) is 6.07 Å². The third-order valence-electron chi connectivity index (χ3n) is 3.49. The maximum Gasteiger partial charge on any atom is 0.153 e. The zero-order chi connectivity index (χ0) is 11.1. The second-order valence-corrected chi connectivity index (χ2v) is 4.43. The van der Waals surface area contributed by atoms with Crippen molar-refractivity contribution in [2.24, 2.45) is 0 Å². The first-order chi connectivity index (χ1) is 7.81. The van der Waals surface area contributed by atoms with Crippen LogP contribution in [0.5, 0.6) is 5.75 Å². The summed E-state index contributed by atoms with van der Waals surface area (Å²) in [5.41, 5.74) is 3.65. The lowest BCUT2D eigenvalue weighted by molar-refractivity contribution is 0.112. The van der Waals surface area contributed by atoms with Crippen molar-refractivity contribution in [3.05, 3.63) is 29.2 Å². The van der Waals surface area contributed by atoms with E-state index in [0.29, 0.717) is 5.56 Å². The lowest BCUT2D eigenvalue weighted by Crippen LogP contribution is -2.34. The van der Waals surface area contributed by atoms with E-state index in [0.717, 1.165) is 55.5 Å². The van der Waals surface area contributed by atoms with Gasteiger partial charge >= 0.3 is 0 Å². The summed E-state index contributed by atoms with van der Waals surface area (Å²) in [5, 5.41) is 10.0. The summed E-state index contributed by atoms with van der Waals surface area (Å²) >= 11 is 0. The van der Waals surface area contributed by atoms with Gasteiger partial charge in [-0.15, -0.1) is 0 Å². The number of carbonyl (C=O) groups is 1. The number of phenols is 1. The number of hydrogen-bond donors (Lipinski definition) is 1. The van der Waals surface area contributed by atoms with Crippen LogP contribution in [-0.2, 0) is 6.42 Å². The Morgan fingerprint density at radius 3 is 3.06 bits per heavy atom. The van der Waals surface area contributed by atoms with E-state index in [1.807, 2.05) is 0 Å². The van der Waals surface area contributed by atoms with Crippen molar-refractivity contribution in [3.63, 3.8) is 0 Å². The van der Waals surface area contributed by atoms with E-state index in [9.17, 15) is 9.90 Å². The van der Waals surface area contributed by atoms with Gasteiger partial charge in [0.1, 0.15) is 5.75 Å². The summed E-state index contributed by atoms with van der Waals surface area (Å²) in [6.45, 7) is 2.09. The molecular formula is C13H14NO2. The average Bonchev–Trinajstić information content (AvgIpc) is 2.33. The number of rotatable bonds is 1. The van der Waals surface area contributed by atoms with Gasteiger partial charge in [-0.1, -0.05) is 0 Å². The van der Waals surface area contributed by atoms with E-state index in [1.165, 1.54) is 0 Å². The molecule has 0 atom stereocenters. The molecule has 0 fully saturated rings. The van der Waals surface area contributed by atoms with Crippen LogP contribution in [-0.4, -0.2) is 24.5 Å². The Labute approximate surface area is 94.7 Å². The Morgan fingerprint density at radius 2 is 2.25 bits per heavy atom. The highest BCUT2D eigenvalue weighted by Gasteiger charge is 2.27. The first-order valence-corrected chi connectivity index (χ1v) is 5.73. The molecule has 0 saturated carbocycles. The Hall–Kier alpha value is -1.51. The largest absolute Gasteiger partial charge is 0.507 e. The van der Waals surface area contributed by atoms with E-state index in [1.54, 1.807) is 6.07 Å². The molecule has 1 radical (unpaired) electrons. The molecule has 0 aromatic heterocycles. The predicted octanol–water partition coefficient (Wildman–Crippen LogP) is 1.91. The average molecular weight is 216 g/mol. The normalized spacial score (nSPS) is 18.1. The molecule has 2 aliphatic rings. The fraction of sp³-hybridized carbons (Fsp3) is 0.385. The monoisotopic (exact) mass is 216 g/mol. The van der Waals surface area contributed by atoms with Gasteiger partial charge in [0.15, 0.2) is 6.29 Å². The van der Waals surface area contributed by atoms with Crippen LogP contribution in [0.1, 0.15) is 34.3 Å². The molecule has 3 nitrogen and oxygen atoms in total. The summed E-state index contributed by atoms with van der Waals surface area (Å²) in [6.07, 6.45) is 5.86. The molecule has 1 aromatic rings. The highest BCUT2D eigenvalue weighted by atomic mass is 16.3. The van der Waals surface area contributed by atoms with Crippen LogP contribution >= 0.6 is 0 Å². The van der Waals surface area contributed by atoms with Gasteiger partial charge in [0.25, 0.3) is 0 Å². The number of aromatic hydroxyl groups is 1. The molecule has 2 aliphatic heterocycles. The Balaban J connectivity index is 2.26. The summed E-state index contributed by atoms with van der Waals surface area (Å²) < 4.78 is 0. The van der Waals surface area contributed by atoms with Crippen LogP contribution in [0.25, 0.3) is 0 Å². The van der Waals surface area contributed by atoms with E-state index in [4.69, 9.17) is 0 Å². The summed E-state index contributed by atoms with van der Waals surface area (Å²) in [6, 6.07) is 1.80. The van der Waals surface area contributed by atoms with Gasteiger partial charge in [-0.3, -0.25) is 4.79 Å². The van der Waals surface area contributed by atoms with Crippen LogP contribution in [0.2, 0.25) is 0 Å².